The molecule has 0 fully saturated rings. The standard InChI is InChI=1S/C29H29N3O7S/c1-5-37-23-14-17(15-24(38-6-2)25(23)39-7-3)26(33)31-29(40)30-18-12-13-21(22(16-18)36-4)32-27(34)19-10-8-9-11-20(19)28(32)35/h8-16H,5-7H2,1-4H3,(H2,30,31,33,40). The molecule has 0 unspecified atom stereocenters. The van der Waals surface area contributed by atoms with E-state index in [1.165, 1.54) is 7.11 Å². The zero-order valence-electron chi connectivity index (χ0n) is 22.5. The lowest BCUT2D eigenvalue weighted by Crippen LogP contribution is -2.34. The van der Waals surface area contributed by atoms with Crippen molar-refractivity contribution in [2.75, 3.05) is 37.1 Å². The summed E-state index contributed by atoms with van der Waals surface area (Å²) in [5, 5.41) is 5.59. The van der Waals surface area contributed by atoms with Gasteiger partial charge in [0.15, 0.2) is 16.6 Å². The van der Waals surface area contributed by atoms with Crippen LogP contribution in [0.3, 0.4) is 0 Å². The molecule has 0 atom stereocenters. The molecule has 3 aromatic carbocycles. The number of fused-ring (bicyclic) bond motifs is 1. The Morgan fingerprint density at radius 1 is 0.825 bits per heavy atom. The molecular formula is C29H29N3O7S. The molecule has 208 valence electrons. The second kappa shape index (κ2) is 12.5. The Bertz CT molecular complexity index is 1410. The fourth-order valence-corrected chi connectivity index (χ4v) is 4.42. The molecule has 0 spiro atoms. The third-order valence-corrected chi connectivity index (χ3v) is 6.08. The van der Waals surface area contributed by atoms with Crippen LogP contribution in [0.25, 0.3) is 0 Å². The summed E-state index contributed by atoms with van der Waals surface area (Å²) in [6.45, 7) is 6.64. The van der Waals surface area contributed by atoms with Gasteiger partial charge in [-0.3, -0.25) is 19.7 Å². The predicted molar refractivity (Wildman–Crippen MR) is 154 cm³/mol. The molecule has 1 aliphatic rings. The molecule has 0 saturated heterocycles. The molecule has 0 bridgehead atoms. The summed E-state index contributed by atoms with van der Waals surface area (Å²) in [5.41, 5.74) is 1.68. The Balaban J connectivity index is 1.51. The van der Waals surface area contributed by atoms with Gasteiger partial charge in [-0.25, -0.2) is 4.90 Å². The number of anilines is 2. The molecular weight excluding hydrogens is 534 g/mol. The van der Waals surface area contributed by atoms with Gasteiger partial charge in [0, 0.05) is 17.3 Å². The number of thiocarbonyl (C=S) groups is 1. The van der Waals surface area contributed by atoms with Crippen molar-refractivity contribution in [2.24, 2.45) is 0 Å². The maximum atomic E-state index is 13.1. The third-order valence-electron chi connectivity index (χ3n) is 5.87. The molecule has 3 aromatic rings. The van der Waals surface area contributed by atoms with E-state index in [2.05, 4.69) is 10.6 Å². The van der Waals surface area contributed by atoms with E-state index in [0.717, 1.165) is 4.90 Å². The van der Waals surface area contributed by atoms with E-state index in [9.17, 15) is 14.4 Å². The zero-order valence-corrected chi connectivity index (χ0v) is 23.3. The minimum atomic E-state index is -0.489. The number of hydrogen-bond acceptors (Lipinski definition) is 8. The van der Waals surface area contributed by atoms with Gasteiger partial charge in [0.25, 0.3) is 17.7 Å². The molecule has 3 amide bonds. The van der Waals surface area contributed by atoms with Crippen LogP contribution in [0.5, 0.6) is 23.0 Å². The van der Waals surface area contributed by atoms with Crippen molar-refractivity contribution in [3.05, 3.63) is 71.3 Å². The number of ether oxygens (including phenoxy) is 4. The first kappa shape index (κ1) is 28.4. The predicted octanol–water partition coefficient (Wildman–Crippen LogP) is 4.82. The summed E-state index contributed by atoms with van der Waals surface area (Å²) in [4.78, 5) is 40.0. The zero-order chi connectivity index (χ0) is 28.8. The number of carbonyl (C=O) groups excluding carboxylic acids is 3. The number of rotatable bonds is 10. The second-order valence-electron chi connectivity index (χ2n) is 8.39. The maximum Gasteiger partial charge on any atom is 0.266 e. The topological polar surface area (TPSA) is 115 Å². The molecule has 0 saturated carbocycles. The smallest absolute Gasteiger partial charge is 0.266 e. The fraction of sp³-hybridized carbons (Fsp3) is 0.241. The van der Waals surface area contributed by atoms with Crippen LogP contribution in [-0.4, -0.2) is 49.8 Å². The second-order valence-corrected chi connectivity index (χ2v) is 8.80. The Morgan fingerprint density at radius 2 is 1.40 bits per heavy atom. The van der Waals surface area contributed by atoms with E-state index in [1.54, 1.807) is 54.6 Å². The fourth-order valence-electron chi connectivity index (χ4n) is 4.21. The molecule has 4 rings (SSSR count). The van der Waals surface area contributed by atoms with Crippen molar-refractivity contribution in [2.45, 2.75) is 20.8 Å². The molecule has 0 aromatic heterocycles. The number of nitrogens with zero attached hydrogens (tertiary/aromatic N) is 1. The first-order valence-electron chi connectivity index (χ1n) is 12.7. The Kier molecular flexibility index (Phi) is 8.85. The van der Waals surface area contributed by atoms with Gasteiger partial charge < -0.3 is 24.3 Å². The van der Waals surface area contributed by atoms with Crippen molar-refractivity contribution in [1.29, 1.82) is 0 Å². The van der Waals surface area contributed by atoms with Gasteiger partial charge in [-0.05, 0) is 69.4 Å². The SMILES string of the molecule is CCOc1cc(C(=O)NC(=S)Nc2ccc(N3C(=O)c4ccccc4C3=O)c(OC)c2)cc(OCC)c1OCC. The Morgan fingerprint density at radius 3 is 1.93 bits per heavy atom. The van der Waals surface area contributed by atoms with Gasteiger partial charge >= 0.3 is 0 Å². The summed E-state index contributed by atoms with van der Waals surface area (Å²) in [5.74, 6) is 0.0976. The van der Waals surface area contributed by atoms with E-state index < -0.39 is 17.7 Å². The van der Waals surface area contributed by atoms with Gasteiger partial charge in [0.2, 0.25) is 5.75 Å². The quantitative estimate of drug-likeness (QED) is 0.265. The molecule has 1 aliphatic heterocycles. The average Bonchev–Trinajstić information content (AvgIpc) is 3.20. The van der Waals surface area contributed by atoms with Gasteiger partial charge in [-0.2, -0.15) is 0 Å². The summed E-state index contributed by atoms with van der Waals surface area (Å²) in [6, 6.07) is 14.5. The highest BCUT2D eigenvalue weighted by Crippen LogP contribution is 2.39. The van der Waals surface area contributed by atoms with Crippen molar-refractivity contribution in [3.8, 4) is 23.0 Å². The third kappa shape index (κ3) is 5.69. The van der Waals surface area contributed by atoms with E-state index in [-0.39, 0.29) is 22.1 Å². The summed E-state index contributed by atoms with van der Waals surface area (Å²) in [6.07, 6.45) is 0. The molecule has 2 N–H and O–H groups in total. The van der Waals surface area contributed by atoms with Crippen LogP contribution in [0.15, 0.2) is 54.6 Å². The van der Waals surface area contributed by atoms with E-state index in [0.29, 0.717) is 53.9 Å². The van der Waals surface area contributed by atoms with Crippen molar-refractivity contribution in [3.63, 3.8) is 0 Å². The highest BCUT2D eigenvalue weighted by Gasteiger charge is 2.37. The van der Waals surface area contributed by atoms with Crippen molar-refractivity contribution >= 4 is 46.4 Å². The number of hydrogen-bond donors (Lipinski definition) is 2. The van der Waals surface area contributed by atoms with Gasteiger partial charge in [-0.15, -0.1) is 0 Å². The van der Waals surface area contributed by atoms with Crippen LogP contribution in [0.1, 0.15) is 51.8 Å². The molecule has 1 heterocycles. The molecule has 10 nitrogen and oxygen atoms in total. The number of amides is 3. The highest BCUT2D eigenvalue weighted by atomic mass is 32.1. The largest absolute Gasteiger partial charge is 0.494 e. The van der Waals surface area contributed by atoms with Crippen LogP contribution < -0.4 is 34.5 Å². The molecule has 0 radical (unpaired) electrons. The Hall–Kier alpha value is -4.64. The average molecular weight is 564 g/mol. The number of carbonyl (C=O) groups is 3. The number of benzene rings is 3. The van der Waals surface area contributed by atoms with Crippen molar-refractivity contribution < 1.29 is 33.3 Å². The summed E-state index contributed by atoms with van der Waals surface area (Å²) < 4.78 is 22.5. The number of nitrogens with one attached hydrogen (secondary N) is 2. The van der Waals surface area contributed by atoms with Crippen LogP contribution in [0.2, 0.25) is 0 Å². The lowest BCUT2D eigenvalue weighted by atomic mass is 10.1. The monoisotopic (exact) mass is 563 g/mol. The van der Waals surface area contributed by atoms with Gasteiger partial charge in [0.05, 0.1) is 43.7 Å². The minimum Gasteiger partial charge on any atom is -0.494 e. The van der Waals surface area contributed by atoms with Crippen LogP contribution in [0, 0.1) is 0 Å². The molecule has 40 heavy (non-hydrogen) atoms. The van der Waals surface area contributed by atoms with Gasteiger partial charge in [0.1, 0.15) is 5.75 Å². The van der Waals surface area contributed by atoms with Gasteiger partial charge in [-0.1, -0.05) is 12.1 Å². The normalized spacial score (nSPS) is 12.1. The number of methoxy groups -OCH3 is 1. The highest BCUT2D eigenvalue weighted by molar-refractivity contribution is 7.80. The van der Waals surface area contributed by atoms with E-state index in [4.69, 9.17) is 31.2 Å². The van der Waals surface area contributed by atoms with E-state index in [1.807, 2.05) is 20.8 Å². The lowest BCUT2D eigenvalue weighted by molar-refractivity contribution is 0.0922. The summed E-state index contributed by atoms with van der Waals surface area (Å²) >= 11 is 5.36. The van der Waals surface area contributed by atoms with Crippen LogP contribution >= 0.6 is 12.2 Å². The first-order chi connectivity index (χ1) is 19.3. The van der Waals surface area contributed by atoms with Crippen LogP contribution in [0.4, 0.5) is 11.4 Å². The number of imide groups is 1. The van der Waals surface area contributed by atoms with Crippen molar-refractivity contribution in [1.82, 2.24) is 5.32 Å². The van der Waals surface area contributed by atoms with Crippen LogP contribution in [-0.2, 0) is 0 Å². The summed E-state index contributed by atoms with van der Waals surface area (Å²) in [7, 11) is 1.43. The van der Waals surface area contributed by atoms with E-state index >= 15 is 0 Å². The lowest BCUT2D eigenvalue weighted by Gasteiger charge is -2.19. The first-order valence-corrected chi connectivity index (χ1v) is 13.1. The molecule has 11 heteroatoms. The minimum absolute atomic E-state index is 0.0188. The molecule has 0 aliphatic carbocycles. The maximum absolute atomic E-state index is 13.1. The Labute approximate surface area is 237 Å².